The molecule has 0 aliphatic carbocycles. The predicted octanol–water partition coefficient (Wildman–Crippen LogP) is 2.90. The number of rotatable bonds is 2. The maximum absolute atomic E-state index is 3.52. The van der Waals surface area contributed by atoms with Gasteiger partial charge in [-0.2, -0.15) is 0 Å². The molecule has 0 fully saturated rings. The molecule has 0 atom stereocenters. The maximum atomic E-state index is 3.52. The summed E-state index contributed by atoms with van der Waals surface area (Å²) < 4.78 is 2.82. The van der Waals surface area contributed by atoms with Gasteiger partial charge in [-0.05, 0) is 0 Å². The van der Waals surface area contributed by atoms with Gasteiger partial charge < -0.3 is 0 Å². The molecule has 1 aromatic carbocycles. The Morgan fingerprint density at radius 3 is 1.23 bits per heavy atom. The van der Waals surface area contributed by atoms with Crippen LogP contribution in [-0.2, 0) is 0 Å². The average Bonchev–Trinajstić information content (AvgIpc) is 2.40. The van der Waals surface area contributed by atoms with Crippen molar-refractivity contribution in [3.63, 3.8) is 0 Å². The Hall–Kier alpha value is -0.187. The molecule has 0 aliphatic heterocycles. The molecule has 0 nitrogen and oxygen atoms in total. The molecule has 0 unspecified atom stereocenters. The van der Waals surface area contributed by atoms with Gasteiger partial charge in [0, 0.05) is 0 Å². The summed E-state index contributed by atoms with van der Waals surface area (Å²) in [4.78, 5) is 0. The molecule has 0 bridgehead atoms. The van der Waals surface area contributed by atoms with Gasteiger partial charge in [0.05, 0.1) is 0 Å². The Morgan fingerprint density at radius 1 is 0.682 bits per heavy atom. The van der Waals surface area contributed by atoms with E-state index in [0.29, 0.717) is 29.9 Å². The summed E-state index contributed by atoms with van der Waals surface area (Å²) in [6.45, 7) is 13.8. The second-order valence-electron chi connectivity index (χ2n) is 7.25. The molecule has 0 aromatic heterocycles. The van der Waals surface area contributed by atoms with Crippen LogP contribution < -0.4 is 8.92 Å². The molecule has 0 radical (unpaired) electrons. The molecule has 0 saturated carbocycles. The molecule has 0 spiro atoms. The summed E-state index contributed by atoms with van der Waals surface area (Å²) in [6.07, 6.45) is 0. The fourth-order valence-corrected chi connectivity index (χ4v) is 5.00. The average molecular weight is 456 g/mol. The van der Waals surface area contributed by atoms with Gasteiger partial charge in [-0.1, -0.05) is 0 Å². The quantitative estimate of drug-likeness (QED) is 0.474. The van der Waals surface area contributed by atoms with Crippen LogP contribution in [0.1, 0.15) is 11.1 Å². The Kier molecular flexibility index (Phi) is 7.29. The molecule has 118 valence electrons. The summed E-state index contributed by atoms with van der Waals surface area (Å²) in [5.74, 6) is 11.5. The molecule has 1 aromatic rings. The molecule has 0 N–H and O–H groups in total. The first-order chi connectivity index (χ1) is 10.1. The van der Waals surface area contributed by atoms with Gasteiger partial charge >= 0.3 is 152 Å². The zero-order valence-electron chi connectivity index (χ0n) is 15.0. The van der Waals surface area contributed by atoms with Crippen LogP contribution in [0.5, 0.6) is 0 Å². The van der Waals surface area contributed by atoms with E-state index in [2.05, 4.69) is 86.0 Å². The predicted molar refractivity (Wildman–Crippen MR) is 109 cm³/mol. The monoisotopic (exact) mass is 458 g/mol. The first-order valence-electron chi connectivity index (χ1n) is 7.38. The van der Waals surface area contributed by atoms with Crippen LogP contribution in [0.25, 0.3) is 0 Å². The Labute approximate surface area is 151 Å². The molecule has 4 heteroatoms. The molecular weight excluding hydrogens is 430 g/mol. The third-order valence-corrected chi connectivity index (χ3v) is 7.68. The normalized spacial score (nSPS) is 11.3. The summed E-state index contributed by atoms with van der Waals surface area (Å²) in [7, 11) is -2.66. The fourth-order valence-electron chi connectivity index (χ4n) is 1.60. The van der Waals surface area contributed by atoms with Gasteiger partial charge in [0.2, 0.25) is 0 Å². The zero-order valence-corrected chi connectivity index (χ0v) is 20.4. The van der Waals surface area contributed by atoms with Crippen LogP contribution in [0.3, 0.4) is 0 Å². The van der Waals surface area contributed by atoms with Gasteiger partial charge in [0.25, 0.3) is 0 Å². The van der Waals surface area contributed by atoms with Crippen molar-refractivity contribution in [2.45, 2.75) is 50.9 Å². The van der Waals surface area contributed by atoms with Gasteiger partial charge in [0.15, 0.2) is 0 Å². The van der Waals surface area contributed by atoms with Gasteiger partial charge in [0.1, 0.15) is 0 Å². The van der Waals surface area contributed by atoms with Crippen LogP contribution in [0, 0.1) is 22.9 Å². The van der Waals surface area contributed by atoms with Crippen LogP contribution in [-0.4, -0.2) is 46.1 Å². The van der Waals surface area contributed by atoms with Crippen molar-refractivity contribution in [1.29, 1.82) is 0 Å². The van der Waals surface area contributed by atoms with E-state index >= 15 is 0 Å². The third-order valence-electron chi connectivity index (χ3n) is 2.67. The summed E-state index contributed by atoms with van der Waals surface area (Å²) >= 11 is 0.913. The van der Waals surface area contributed by atoms with Crippen molar-refractivity contribution in [1.82, 2.24) is 0 Å². The summed E-state index contributed by atoms with van der Waals surface area (Å²) in [5, 5.41) is 0. The van der Waals surface area contributed by atoms with Crippen molar-refractivity contribution in [2.24, 2.45) is 0 Å². The molecule has 22 heavy (non-hydrogen) atoms. The minimum atomic E-state index is -1.33. The molecule has 0 heterocycles. The second kappa shape index (κ2) is 8.07. The standard InChI is InChI=1S/C18H26Se2Si2/c1-19-17-13-16(10-12-22(6,7)8)18(20-2)14-15(17)9-11-21(3,4)5/h13-14H,1-8H3. The van der Waals surface area contributed by atoms with Gasteiger partial charge in [-0.25, -0.2) is 0 Å². The van der Waals surface area contributed by atoms with E-state index in [0.717, 1.165) is 0 Å². The van der Waals surface area contributed by atoms with Crippen molar-refractivity contribution >= 4 is 55.0 Å². The van der Waals surface area contributed by atoms with Gasteiger partial charge in [-0.3, -0.25) is 0 Å². The van der Waals surface area contributed by atoms with Gasteiger partial charge in [-0.15, -0.1) is 0 Å². The van der Waals surface area contributed by atoms with Crippen LogP contribution >= 0.6 is 0 Å². The second-order valence-corrected chi connectivity index (χ2v) is 20.3. The van der Waals surface area contributed by atoms with E-state index in [-0.39, 0.29) is 0 Å². The number of hydrogen-bond acceptors (Lipinski definition) is 0. The Balaban J connectivity index is 3.40. The molecule has 1 rings (SSSR count). The molecule has 0 amide bonds. The molecule has 0 saturated heterocycles. The topological polar surface area (TPSA) is 0 Å². The molecule has 0 aliphatic rings. The summed E-state index contributed by atoms with van der Waals surface area (Å²) in [5.41, 5.74) is 9.54. The van der Waals surface area contributed by atoms with Crippen LogP contribution in [0.4, 0.5) is 0 Å². The van der Waals surface area contributed by atoms with Crippen LogP contribution in [0.2, 0.25) is 50.9 Å². The SMILES string of the molecule is C[Se]c1cc(C#C[Si](C)(C)C)c([Se]C)cc1C#C[Si](C)(C)C. The first-order valence-corrected chi connectivity index (χ1v) is 19.5. The Morgan fingerprint density at radius 2 is 1.00 bits per heavy atom. The fraction of sp³-hybridized carbons (Fsp3) is 0.444. The minimum absolute atomic E-state index is 0.457. The van der Waals surface area contributed by atoms with E-state index in [1.807, 2.05) is 0 Å². The Bertz CT molecular complexity index is 597. The van der Waals surface area contributed by atoms with E-state index in [1.54, 1.807) is 0 Å². The van der Waals surface area contributed by atoms with Crippen molar-refractivity contribution < 1.29 is 0 Å². The molecular formula is C18H26Se2Si2. The number of benzene rings is 1. The van der Waals surface area contributed by atoms with Crippen molar-refractivity contribution in [3.8, 4) is 22.9 Å². The first kappa shape index (κ1) is 19.9. The van der Waals surface area contributed by atoms with E-state index in [4.69, 9.17) is 0 Å². The van der Waals surface area contributed by atoms with E-state index in [9.17, 15) is 0 Å². The van der Waals surface area contributed by atoms with Crippen LogP contribution in [0.15, 0.2) is 12.1 Å². The summed E-state index contributed by atoms with van der Waals surface area (Å²) in [6, 6.07) is 4.64. The zero-order chi connectivity index (χ0) is 17.0. The van der Waals surface area contributed by atoms with E-state index < -0.39 is 16.1 Å². The van der Waals surface area contributed by atoms with Crippen molar-refractivity contribution in [3.05, 3.63) is 23.3 Å². The third kappa shape index (κ3) is 6.93. The van der Waals surface area contributed by atoms with E-state index in [1.165, 1.54) is 20.1 Å². The number of hydrogen-bond donors (Lipinski definition) is 0. The van der Waals surface area contributed by atoms with Crippen molar-refractivity contribution in [2.75, 3.05) is 0 Å².